The van der Waals surface area contributed by atoms with Crippen molar-refractivity contribution in [3.8, 4) is 0 Å². The van der Waals surface area contributed by atoms with Crippen molar-refractivity contribution in [3.05, 3.63) is 40.8 Å². The molecule has 0 fully saturated rings. The van der Waals surface area contributed by atoms with Gasteiger partial charge in [-0.05, 0) is 48.9 Å². The first-order valence-electron chi connectivity index (χ1n) is 9.96. The molecular weight excluding hydrogens is 423 g/mol. The van der Waals surface area contributed by atoms with Gasteiger partial charge in [0.1, 0.15) is 11.4 Å². The van der Waals surface area contributed by atoms with Crippen LogP contribution in [0.3, 0.4) is 0 Å². The molecule has 1 aromatic heterocycles. The fourth-order valence-corrected chi connectivity index (χ4v) is 4.15. The van der Waals surface area contributed by atoms with E-state index in [1.807, 2.05) is 32.4 Å². The molecule has 0 radical (unpaired) electrons. The molecule has 172 valence electrons. The van der Waals surface area contributed by atoms with E-state index in [4.69, 9.17) is 4.74 Å². The van der Waals surface area contributed by atoms with Crippen molar-refractivity contribution in [1.29, 1.82) is 0 Å². The van der Waals surface area contributed by atoms with E-state index in [1.165, 1.54) is 30.0 Å². The van der Waals surface area contributed by atoms with Gasteiger partial charge in [-0.3, -0.25) is 4.68 Å². The average Bonchev–Trinajstić information content (AvgIpc) is 3.05. The standard InChI is InChI=1S/C21H31FN4O4S/c1-12(2)15-9-14(22)10-16(13(3)4)19(15)23-20(27)25-31(28,29)18-11-17(26(7)24-18)21(5,6)30-8/h9-13H,1-8H3,(H2,23,25,27). The Balaban J connectivity index is 2.36. The van der Waals surface area contributed by atoms with Crippen LogP contribution in [0.5, 0.6) is 0 Å². The number of rotatable bonds is 7. The fourth-order valence-electron chi connectivity index (χ4n) is 3.26. The summed E-state index contributed by atoms with van der Waals surface area (Å²) in [5.41, 5.74) is 1.32. The molecule has 1 heterocycles. The molecule has 1 aromatic carbocycles. The van der Waals surface area contributed by atoms with Crippen molar-refractivity contribution in [2.24, 2.45) is 7.05 Å². The fraction of sp³-hybridized carbons (Fsp3) is 0.524. The predicted octanol–water partition coefficient (Wildman–Crippen LogP) is 4.20. The molecule has 0 saturated heterocycles. The Labute approximate surface area is 183 Å². The molecule has 2 N–H and O–H groups in total. The van der Waals surface area contributed by atoms with E-state index in [2.05, 4.69) is 10.4 Å². The molecule has 0 bridgehead atoms. The minimum atomic E-state index is -4.25. The molecule has 2 amide bonds. The Morgan fingerprint density at radius 3 is 2.10 bits per heavy atom. The normalized spacial score (nSPS) is 12.5. The number of nitrogens with zero attached hydrogens (tertiary/aromatic N) is 2. The van der Waals surface area contributed by atoms with Crippen molar-refractivity contribution in [2.45, 2.75) is 64.0 Å². The Hall–Kier alpha value is -2.46. The highest BCUT2D eigenvalue weighted by atomic mass is 32.2. The van der Waals surface area contributed by atoms with Crippen LogP contribution in [0.2, 0.25) is 0 Å². The molecule has 8 nitrogen and oxygen atoms in total. The lowest BCUT2D eigenvalue weighted by Gasteiger charge is -2.22. The van der Waals surface area contributed by atoms with Gasteiger partial charge in [-0.2, -0.15) is 13.5 Å². The first-order valence-corrected chi connectivity index (χ1v) is 11.4. The second-order valence-electron chi connectivity index (χ2n) is 8.53. The van der Waals surface area contributed by atoms with Crippen LogP contribution in [0.1, 0.15) is 70.2 Å². The van der Waals surface area contributed by atoms with Gasteiger partial charge in [0.2, 0.25) is 0 Å². The van der Waals surface area contributed by atoms with Gasteiger partial charge >= 0.3 is 6.03 Å². The van der Waals surface area contributed by atoms with Gasteiger partial charge in [-0.15, -0.1) is 0 Å². The van der Waals surface area contributed by atoms with Crippen LogP contribution in [-0.4, -0.2) is 31.3 Å². The van der Waals surface area contributed by atoms with E-state index in [1.54, 1.807) is 20.9 Å². The lowest BCUT2D eigenvalue weighted by atomic mass is 9.92. The Morgan fingerprint density at radius 2 is 1.65 bits per heavy atom. The molecule has 2 aromatic rings. The Morgan fingerprint density at radius 1 is 1.13 bits per heavy atom. The summed E-state index contributed by atoms with van der Waals surface area (Å²) in [7, 11) is -1.14. The quantitative estimate of drug-likeness (QED) is 0.653. The second kappa shape index (κ2) is 8.96. The van der Waals surface area contributed by atoms with Crippen LogP contribution < -0.4 is 10.0 Å². The van der Waals surface area contributed by atoms with Crippen molar-refractivity contribution in [1.82, 2.24) is 14.5 Å². The van der Waals surface area contributed by atoms with Crippen LogP contribution in [0.25, 0.3) is 0 Å². The number of aromatic nitrogens is 2. The second-order valence-corrected chi connectivity index (χ2v) is 10.2. The average molecular weight is 455 g/mol. The number of anilines is 1. The number of hydrogen-bond acceptors (Lipinski definition) is 5. The largest absolute Gasteiger partial charge is 0.373 e. The highest BCUT2D eigenvalue weighted by Crippen LogP contribution is 2.33. The van der Waals surface area contributed by atoms with Gasteiger partial charge in [0, 0.05) is 25.9 Å². The third-order valence-electron chi connectivity index (χ3n) is 5.13. The van der Waals surface area contributed by atoms with Crippen LogP contribution in [0.15, 0.2) is 23.2 Å². The van der Waals surface area contributed by atoms with E-state index in [-0.39, 0.29) is 16.9 Å². The monoisotopic (exact) mass is 454 g/mol. The van der Waals surface area contributed by atoms with E-state index < -0.39 is 27.5 Å². The van der Waals surface area contributed by atoms with E-state index in [0.717, 1.165) is 0 Å². The van der Waals surface area contributed by atoms with Crippen LogP contribution in [-0.2, 0) is 27.4 Å². The SMILES string of the molecule is COC(C)(C)c1cc(S(=O)(=O)NC(=O)Nc2c(C(C)C)cc(F)cc2C(C)C)nn1C. The maximum atomic E-state index is 14.1. The van der Waals surface area contributed by atoms with Gasteiger partial charge in [-0.25, -0.2) is 13.9 Å². The zero-order chi connectivity index (χ0) is 23.7. The molecule has 0 atom stereocenters. The number of urea groups is 1. The first kappa shape index (κ1) is 24.8. The van der Waals surface area contributed by atoms with E-state index in [0.29, 0.717) is 22.5 Å². The number of carbonyl (C=O) groups is 1. The minimum Gasteiger partial charge on any atom is -0.373 e. The summed E-state index contributed by atoms with van der Waals surface area (Å²) < 4.78 is 48.4. The molecule has 0 aliphatic carbocycles. The summed E-state index contributed by atoms with van der Waals surface area (Å²) in [6.45, 7) is 11.0. The number of aryl methyl sites for hydroxylation is 1. The number of sulfonamides is 1. The molecular formula is C21H31FN4O4S. The first-order chi connectivity index (χ1) is 14.2. The van der Waals surface area contributed by atoms with E-state index >= 15 is 0 Å². The number of nitrogens with one attached hydrogen (secondary N) is 2. The minimum absolute atomic E-state index is 0.0882. The number of ether oxygens (including phenoxy) is 1. The molecule has 0 aliphatic heterocycles. The summed E-state index contributed by atoms with van der Waals surface area (Å²) >= 11 is 0. The lowest BCUT2D eigenvalue weighted by Crippen LogP contribution is -2.35. The number of hydrogen-bond donors (Lipinski definition) is 2. The van der Waals surface area contributed by atoms with Gasteiger partial charge < -0.3 is 10.1 Å². The summed E-state index contributed by atoms with van der Waals surface area (Å²) in [4.78, 5) is 12.6. The molecule has 0 aliphatic rings. The van der Waals surface area contributed by atoms with Crippen molar-refractivity contribution in [2.75, 3.05) is 12.4 Å². The topological polar surface area (TPSA) is 102 Å². The van der Waals surface area contributed by atoms with Gasteiger partial charge in [0.05, 0.1) is 5.69 Å². The number of halogens is 1. The van der Waals surface area contributed by atoms with E-state index in [9.17, 15) is 17.6 Å². The highest BCUT2D eigenvalue weighted by Gasteiger charge is 2.29. The van der Waals surface area contributed by atoms with Gasteiger partial charge in [-0.1, -0.05) is 27.7 Å². The van der Waals surface area contributed by atoms with Crippen molar-refractivity contribution < 1.29 is 22.3 Å². The molecule has 2 rings (SSSR count). The zero-order valence-electron chi connectivity index (χ0n) is 19.2. The Kier molecular flexibility index (Phi) is 7.17. The predicted molar refractivity (Wildman–Crippen MR) is 117 cm³/mol. The number of benzene rings is 1. The third kappa shape index (κ3) is 5.43. The highest BCUT2D eigenvalue weighted by molar-refractivity contribution is 7.90. The molecule has 10 heteroatoms. The summed E-state index contributed by atoms with van der Waals surface area (Å²) in [6.07, 6.45) is 0. The summed E-state index contributed by atoms with van der Waals surface area (Å²) in [6, 6.07) is 3.10. The summed E-state index contributed by atoms with van der Waals surface area (Å²) in [5, 5.41) is 6.31. The third-order valence-corrected chi connectivity index (χ3v) is 6.34. The maximum Gasteiger partial charge on any atom is 0.333 e. The van der Waals surface area contributed by atoms with Crippen LogP contribution in [0.4, 0.5) is 14.9 Å². The van der Waals surface area contributed by atoms with Gasteiger partial charge in [0.15, 0.2) is 5.03 Å². The maximum absolute atomic E-state index is 14.1. The Bertz CT molecular complexity index is 1050. The molecule has 0 spiro atoms. The van der Waals surface area contributed by atoms with Crippen molar-refractivity contribution >= 4 is 21.7 Å². The molecule has 0 saturated carbocycles. The van der Waals surface area contributed by atoms with Crippen LogP contribution >= 0.6 is 0 Å². The zero-order valence-corrected chi connectivity index (χ0v) is 20.0. The molecule has 0 unspecified atom stereocenters. The molecule has 31 heavy (non-hydrogen) atoms. The smallest absolute Gasteiger partial charge is 0.333 e. The summed E-state index contributed by atoms with van der Waals surface area (Å²) in [5.74, 6) is -0.586. The lowest BCUT2D eigenvalue weighted by molar-refractivity contribution is 0.0123. The van der Waals surface area contributed by atoms with Crippen LogP contribution in [0, 0.1) is 5.82 Å². The van der Waals surface area contributed by atoms with Gasteiger partial charge in [0.25, 0.3) is 10.0 Å². The number of amides is 2. The number of methoxy groups -OCH3 is 1. The number of carbonyl (C=O) groups excluding carboxylic acids is 1. The van der Waals surface area contributed by atoms with Crippen molar-refractivity contribution in [3.63, 3.8) is 0 Å².